The van der Waals surface area contributed by atoms with Gasteiger partial charge in [-0.3, -0.25) is 4.79 Å². The number of benzene rings is 1. The third-order valence-electron chi connectivity index (χ3n) is 5.52. The van der Waals surface area contributed by atoms with Gasteiger partial charge >= 0.3 is 0 Å². The Kier molecular flexibility index (Phi) is 3.78. The molecule has 8 heteroatoms. The molecule has 3 aromatic rings. The zero-order chi connectivity index (χ0) is 18.4. The second-order valence-electron chi connectivity index (χ2n) is 7.16. The maximum atomic E-state index is 11.9. The molecule has 0 bridgehead atoms. The maximum Gasteiger partial charge on any atom is 0.271 e. The van der Waals surface area contributed by atoms with Crippen LogP contribution in [0.4, 0.5) is 0 Å². The molecule has 2 fully saturated rings. The molecule has 5 rings (SSSR count). The fourth-order valence-electron chi connectivity index (χ4n) is 3.91. The molecule has 138 valence electrons. The lowest BCUT2D eigenvalue weighted by atomic mass is 9.74. The first-order valence-corrected chi connectivity index (χ1v) is 9.05. The van der Waals surface area contributed by atoms with Crippen molar-refractivity contribution < 1.29 is 14.1 Å². The highest BCUT2D eigenvalue weighted by molar-refractivity contribution is 5.94. The van der Waals surface area contributed by atoms with Crippen LogP contribution >= 0.6 is 0 Å². The van der Waals surface area contributed by atoms with Crippen LogP contribution in [0, 0.1) is 0 Å². The highest BCUT2D eigenvalue weighted by atomic mass is 16.5. The predicted octanol–water partition coefficient (Wildman–Crippen LogP) is 2.26. The molecule has 1 amide bonds. The lowest BCUT2D eigenvalue weighted by molar-refractivity contribution is 0.00315. The zero-order valence-corrected chi connectivity index (χ0v) is 14.6. The molecule has 3 heterocycles. The summed E-state index contributed by atoms with van der Waals surface area (Å²) >= 11 is 0. The first kappa shape index (κ1) is 16.2. The molecule has 1 aliphatic carbocycles. The number of primary amides is 1. The number of carbonyl (C=O) groups is 1. The molecule has 1 saturated carbocycles. The Balaban J connectivity index is 1.43. The van der Waals surface area contributed by atoms with Gasteiger partial charge in [-0.1, -0.05) is 40.7 Å². The van der Waals surface area contributed by atoms with Crippen molar-refractivity contribution in [2.45, 2.75) is 30.7 Å². The number of aromatic nitrogens is 4. The van der Waals surface area contributed by atoms with E-state index in [-0.39, 0.29) is 17.7 Å². The van der Waals surface area contributed by atoms with Crippen LogP contribution in [0.3, 0.4) is 0 Å². The van der Waals surface area contributed by atoms with Crippen LogP contribution < -0.4 is 5.73 Å². The summed E-state index contributed by atoms with van der Waals surface area (Å²) < 4.78 is 12.8. The number of nitrogens with two attached hydrogens (primary N) is 1. The van der Waals surface area contributed by atoms with E-state index in [9.17, 15) is 4.79 Å². The second-order valence-corrected chi connectivity index (χ2v) is 7.16. The van der Waals surface area contributed by atoms with Gasteiger partial charge in [-0.2, -0.15) is 0 Å². The molecule has 0 atom stereocenters. The summed E-state index contributed by atoms with van der Waals surface area (Å²) in [5, 5.41) is 12.3. The van der Waals surface area contributed by atoms with Crippen molar-refractivity contribution in [3.8, 4) is 11.3 Å². The Morgan fingerprint density at radius 2 is 1.93 bits per heavy atom. The Labute approximate surface area is 155 Å². The SMILES string of the molecule is NC(=O)c1noc(-c2ccccc2)c1C1CC(n2nncc2C2COC2)C1. The first-order chi connectivity index (χ1) is 13.2. The standard InChI is InChI=1S/C19H19N5O3/c20-19(25)17-16(18(27-22-17)11-4-2-1-3-5-11)12-6-14(7-12)24-15(8-21-23-24)13-9-26-10-13/h1-5,8,12-14H,6-7,9-10H2,(H2,20,25). The van der Waals surface area contributed by atoms with Gasteiger partial charge in [0.2, 0.25) is 0 Å². The van der Waals surface area contributed by atoms with Gasteiger partial charge in [-0.15, -0.1) is 5.10 Å². The number of ether oxygens (including phenoxy) is 1. The lowest BCUT2D eigenvalue weighted by Crippen LogP contribution is -2.33. The minimum atomic E-state index is -0.563. The van der Waals surface area contributed by atoms with E-state index < -0.39 is 5.91 Å². The summed E-state index contributed by atoms with van der Waals surface area (Å²) in [6.45, 7) is 1.44. The van der Waals surface area contributed by atoms with Crippen LogP contribution in [0.5, 0.6) is 0 Å². The van der Waals surface area contributed by atoms with E-state index in [1.807, 2.05) is 41.2 Å². The molecular weight excluding hydrogens is 346 g/mol. The van der Waals surface area contributed by atoms with E-state index in [0.717, 1.165) is 42.9 Å². The molecule has 0 spiro atoms. The molecule has 8 nitrogen and oxygen atoms in total. The minimum absolute atomic E-state index is 0.147. The fourth-order valence-corrected chi connectivity index (χ4v) is 3.91. The summed E-state index contributed by atoms with van der Waals surface area (Å²) in [7, 11) is 0. The van der Waals surface area contributed by atoms with Crippen LogP contribution in [0.2, 0.25) is 0 Å². The van der Waals surface area contributed by atoms with Gasteiger partial charge in [0.25, 0.3) is 5.91 Å². The normalized spacial score (nSPS) is 22.2. The van der Waals surface area contributed by atoms with Gasteiger partial charge in [0.15, 0.2) is 11.5 Å². The summed E-state index contributed by atoms with van der Waals surface area (Å²) in [6, 6.07) is 9.92. The summed E-state index contributed by atoms with van der Waals surface area (Å²) in [5.74, 6) is 0.579. The van der Waals surface area contributed by atoms with E-state index in [4.69, 9.17) is 15.0 Å². The predicted molar refractivity (Wildman–Crippen MR) is 95.1 cm³/mol. The monoisotopic (exact) mass is 365 g/mol. The van der Waals surface area contributed by atoms with Crippen molar-refractivity contribution in [2.75, 3.05) is 13.2 Å². The smallest absolute Gasteiger partial charge is 0.271 e. The Bertz CT molecular complexity index is 970. The largest absolute Gasteiger partial charge is 0.380 e. The third-order valence-corrected chi connectivity index (χ3v) is 5.52. The zero-order valence-electron chi connectivity index (χ0n) is 14.6. The maximum absolute atomic E-state index is 11.9. The molecular formula is C19H19N5O3. The van der Waals surface area contributed by atoms with Crippen LogP contribution in [0.15, 0.2) is 41.1 Å². The van der Waals surface area contributed by atoms with Crippen LogP contribution in [-0.4, -0.2) is 39.3 Å². The molecule has 27 heavy (non-hydrogen) atoms. The van der Waals surface area contributed by atoms with Crippen LogP contribution in [0.25, 0.3) is 11.3 Å². The summed E-state index contributed by atoms with van der Waals surface area (Å²) in [5.41, 5.74) is 8.58. The third kappa shape index (κ3) is 2.64. The average molecular weight is 365 g/mol. The minimum Gasteiger partial charge on any atom is -0.380 e. The van der Waals surface area contributed by atoms with E-state index in [0.29, 0.717) is 11.7 Å². The summed E-state index contributed by atoms with van der Waals surface area (Å²) in [6.07, 6.45) is 3.50. The van der Waals surface area contributed by atoms with Crippen molar-refractivity contribution >= 4 is 5.91 Å². The van der Waals surface area contributed by atoms with E-state index >= 15 is 0 Å². The fraction of sp³-hybridized carbons (Fsp3) is 0.368. The number of rotatable bonds is 5. The molecule has 1 aliphatic heterocycles. The van der Waals surface area contributed by atoms with E-state index in [2.05, 4.69) is 15.5 Å². The number of nitrogens with zero attached hydrogens (tertiary/aromatic N) is 4. The molecule has 2 aromatic heterocycles. The van der Waals surface area contributed by atoms with Crippen molar-refractivity contribution in [2.24, 2.45) is 5.73 Å². The molecule has 1 aromatic carbocycles. The highest BCUT2D eigenvalue weighted by Crippen LogP contribution is 2.49. The molecule has 1 saturated heterocycles. The topological polar surface area (TPSA) is 109 Å². The molecule has 2 N–H and O–H groups in total. The molecule has 0 unspecified atom stereocenters. The van der Waals surface area contributed by atoms with Crippen molar-refractivity contribution in [1.82, 2.24) is 20.2 Å². The van der Waals surface area contributed by atoms with Gasteiger partial charge in [0.1, 0.15) is 0 Å². The average Bonchev–Trinajstić information content (AvgIpc) is 3.21. The van der Waals surface area contributed by atoms with Crippen molar-refractivity contribution in [3.63, 3.8) is 0 Å². The Morgan fingerprint density at radius 3 is 2.59 bits per heavy atom. The Morgan fingerprint density at radius 1 is 1.15 bits per heavy atom. The first-order valence-electron chi connectivity index (χ1n) is 9.05. The van der Waals surface area contributed by atoms with Gasteiger partial charge < -0.3 is 15.0 Å². The number of carbonyl (C=O) groups excluding carboxylic acids is 1. The van der Waals surface area contributed by atoms with Crippen LogP contribution in [-0.2, 0) is 4.74 Å². The number of amides is 1. The summed E-state index contributed by atoms with van der Waals surface area (Å²) in [4.78, 5) is 11.9. The van der Waals surface area contributed by atoms with Crippen molar-refractivity contribution in [1.29, 1.82) is 0 Å². The van der Waals surface area contributed by atoms with E-state index in [1.165, 1.54) is 0 Å². The Hall–Kier alpha value is -3.00. The van der Waals surface area contributed by atoms with Gasteiger partial charge in [-0.25, -0.2) is 4.68 Å². The van der Waals surface area contributed by atoms with Gasteiger partial charge in [0, 0.05) is 17.0 Å². The molecule has 0 radical (unpaired) electrons. The quantitative estimate of drug-likeness (QED) is 0.743. The lowest BCUT2D eigenvalue weighted by Gasteiger charge is -2.37. The highest BCUT2D eigenvalue weighted by Gasteiger charge is 2.40. The number of hydrogen-bond acceptors (Lipinski definition) is 6. The van der Waals surface area contributed by atoms with Gasteiger partial charge in [-0.05, 0) is 18.8 Å². The number of hydrogen-bond donors (Lipinski definition) is 1. The van der Waals surface area contributed by atoms with Gasteiger partial charge in [0.05, 0.1) is 31.1 Å². The van der Waals surface area contributed by atoms with Crippen molar-refractivity contribution in [3.05, 3.63) is 53.5 Å². The van der Waals surface area contributed by atoms with E-state index in [1.54, 1.807) is 0 Å². The second kappa shape index (κ2) is 6.31. The van der Waals surface area contributed by atoms with Crippen LogP contribution in [0.1, 0.15) is 52.5 Å². The molecule has 2 aliphatic rings.